The fraction of sp³-hybridized carbons (Fsp3) is 0.300. The molecule has 0 atom stereocenters. The first-order chi connectivity index (χ1) is 11.9. The van der Waals surface area contributed by atoms with E-state index in [1.807, 2.05) is 42.8 Å². The van der Waals surface area contributed by atoms with Crippen LogP contribution in [0.4, 0.5) is 0 Å². The van der Waals surface area contributed by atoms with Crippen molar-refractivity contribution in [1.82, 2.24) is 4.57 Å². The number of thiazole rings is 1. The fourth-order valence-electron chi connectivity index (χ4n) is 2.97. The first kappa shape index (κ1) is 17.4. The zero-order chi connectivity index (χ0) is 18.1. The van der Waals surface area contributed by atoms with Gasteiger partial charge in [-0.25, -0.2) is 0 Å². The van der Waals surface area contributed by atoms with Gasteiger partial charge in [0, 0.05) is 7.05 Å². The predicted octanol–water partition coefficient (Wildman–Crippen LogP) is 3.84. The highest BCUT2D eigenvalue weighted by Gasteiger charge is 2.12. The number of hydrogen-bond acceptors (Lipinski definition) is 3. The number of nitrogens with zero attached hydrogens (tertiary/aromatic N) is 2. The normalized spacial score (nSPS) is 12.0. The number of carbonyl (C=O) groups is 1. The lowest BCUT2D eigenvalue weighted by atomic mass is 10.0. The topological polar surface area (TPSA) is 43.6 Å². The standard InChI is InChI=1S/C20H22N2O2S/c1-12-6-8-15(14(3)10-12)11-17(23)21-20-22(4)18-16(24-5)9-7-13(2)19(18)25-20/h6-10H,11H2,1-5H3. The molecule has 5 heteroatoms. The van der Waals surface area contributed by atoms with Crippen molar-refractivity contribution in [3.8, 4) is 5.75 Å². The summed E-state index contributed by atoms with van der Waals surface area (Å²) in [5.74, 6) is 0.661. The molecule has 2 aromatic carbocycles. The Bertz CT molecular complexity index is 1030. The van der Waals surface area contributed by atoms with E-state index in [2.05, 4.69) is 24.9 Å². The van der Waals surface area contributed by atoms with Gasteiger partial charge in [0.05, 0.1) is 18.2 Å². The van der Waals surface area contributed by atoms with Crippen molar-refractivity contribution in [3.05, 3.63) is 57.4 Å². The molecule has 0 aliphatic carbocycles. The minimum Gasteiger partial charge on any atom is -0.495 e. The van der Waals surface area contributed by atoms with Crippen molar-refractivity contribution in [3.63, 3.8) is 0 Å². The lowest BCUT2D eigenvalue weighted by Crippen LogP contribution is -2.14. The van der Waals surface area contributed by atoms with Crippen LogP contribution in [0.1, 0.15) is 22.3 Å². The third kappa shape index (κ3) is 3.37. The lowest BCUT2D eigenvalue weighted by Gasteiger charge is -2.05. The van der Waals surface area contributed by atoms with E-state index in [1.165, 1.54) is 16.9 Å². The van der Waals surface area contributed by atoms with Gasteiger partial charge in [-0.15, -0.1) is 0 Å². The van der Waals surface area contributed by atoms with E-state index in [0.717, 1.165) is 32.7 Å². The maximum absolute atomic E-state index is 12.5. The maximum Gasteiger partial charge on any atom is 0.252 e. The van der Waals surface area contributed by atoms with Gasteiger partial charge in [0.2, 0.25) is 0 Å². The molecule has 0 saturated heterocycles. The summed E-state index contributed by atoms with van der Waals surface area (Å²) < 4.78 is 8.50. The smallest absolute Gasteiger partial charge is 0.252 e. The third-order valence-electron chi connectivity index (χ3n) is 4.39. The maximum atomic E-state index is 12.5. The molecule has 130 valence electrons. The first-order valence-electron chi connectivity index (χ1n) is 8.17. The van der Waals surface area contributed by atoms with Gasteiger partial charge in [-0.3, -0.25) is 4.79 Å². The van der Waals surface area contributed by atoms with Gasteiger partial charge in [-0.1, -0.05) is 41.2 Å². The van der Waals surface area contributed by atoms with Gasteiger partial charge in [0.15, 0.2) is 4.80 Å². The second kappa shape index (κ2) is 6.84. The van der Waals surface area contributed by atoms with E-state index >= 15 is 0 Å². The molecule has 1 amide bonds. The molecule has 3 aromatic rings. The van der Waals surface area contributed by atoms with Crippen LogP contribution in [-0.2, 0) is 18.3 Å². The average molecular weight is 354 g/mol. The number of fused-ring (bicyclic) bond motifs is 1. The molecular weight excluding hydrogens is 332 g/mol. The molecule has 0 aliphatic heterocycles. The molecule has 4 nitrogen and oxygen atoms in total. The quantitative estimate of drug-likeness (QED) is 0.717. The zero-order valence-electron chi connectivity index (χ0n) is 15.2. The van der Waals surface area contributed by atoms with Crippen molar-refractivity contribution in [2.45, 2.75) is 27.2 Å². The number of methoxy groups -OCH3 is 1. The Kier molecular flexibility index (Phi) is 4.77. The van der Waals surface area contributed by atoms with Crippen LogP contribution in [0.25, 0.3) is 10.2 Å². The van der Waals surface area contributed by atoms with Crippen molar-refractivity contribution >= 4 is 27.5 Å². The number of aryl methyl sites for hydroxylation is 4. The largest absolute Gasteiger partial charge is 0.495 e. The molecule has 0 fully saturated rings. The number of benzene rings is 2. The number of rotatable bonds is 3. The molecule has 25 heavy (non-hydrogen) atoms. The number of aromatic nitrogens is 1. The van der Waals surface area contributed by atoms with E-state index in [9.17, 15) is 4.79 Å². The van der Waals surface area contributed by atoms with Crippen LogP contribution in [0.3, 0.4) is 0 Å². The Labute approximate surface area is 151 Å². The van der Waals surface area contributed by atoms with E-state index in [4.69, 9.17) is 4.74 Å². The monoisotopic (exact) mass is 354 g/mol. The second-order valence-electron chi connectivity index (χ2n) is 6.32. The minimum absolute atomic E-state index is 0.134. The summed E-state index contributed by atoms with van der Waals surface area (Å²) in [5, 5.41) is 0. The third-order valence-corrected chi connectivity index (χ3v) is 5.65. The summed E-state index contributed by atoms with van der Waals surface area (Å²) in [5.41, 5.74) is 5.48. The molecule has 0 saturated carbocycles. The van der Waals surface area contributed by atoms with Crippen LogP contribution in [0, 0.1) is 20.8 Å². The highest BCUT2D eigenvalue weighted by molar-refractivity contribution is 7.16. The number of amides is 1. The highest BCUT2D eigenvalue weighted by atomic mass is 32.1. The Balaban J connectivity index is 2.02. The molecule has 0 unspecified atom stereocenters. The molecule has 3 rings (SSSR count). The van der Waals surface area contributed by atoms with Crippen LogP contribution >= 0.6 is 11.3 Å². The summed E-state index contributed by atoms with van der Waals surface area (Å²) in [7, 11) is 3.58. The molecule has 0 N–H and O–H groups in total. The second-order valence-corrected chi connectivity index (χ2v) is 7.30. The fourth-order valence-corrected chi connectivity index (χ4v) is 4.09. The molecule has 0 spiro atoms. The summed E-state index contributed by atoms with van der Waals surface area (Å²) in [4.78, 5) is 17.5. The van der Waals surface area contributed by atoms with Crippen molar-refractivity contribution in [1.29, 1.82) is 0 Å². The summed E-state index contributed by atoms with van der Waals surface area (Å²) in [6.45, 7) is 6.14. The Morgan fingerprint density at radius 2 is 1.92 bits per heavy atom. The van der Waals surface area contributed by atoms with E-state index in [0.29, 0.717) is 11.2 Å². The van der Waals surface area contributed by atoms with Crippen molar-refractivity contribution in [2.24, 2.45) is 12.0 Å². The van der Waals surface area contributed by atoms with Crippen LogP contribution < -0.4 is 9.54 Å². The van der Waals surface area contributed by atoms with Crippen LogP contribution in [0.5, 0.6) is 5.75 Å². The SMILES string of the molecule is COc1ccc(C)c2sc(=NC(=O)Cc3ccc(C)cc3C)n(C)c12. The van der Waals surface area contributed by atoms with E-state index in [1.54, 1.807) is 7.11 Å². The Morgan fingerprint density at radius 3 is 2.60 bits per heavy atom. The van der Waals surface area contributed by atoms with Crippen LogP contribution in [-0.4, -0.2) is 17.6 Å². The highest BCUT2D eigenvalue weighted by Crippen LogP contribution is 2.29. The van der Waals surface area contributed by atoms with Gasteiger partial charge in [0.25, 0.3) is 5.91 Å². The predicted molar refractivity (Wildman–Crippen MR) is 102 cm³/mol. The average Bonchev–Trinajstić information content (AvgIpc) is 2.89. The van der Waals surface area contributed by atoms with Crippen LogP contribution in [0.2, 0.25) is 0 Å². The summed E-state index contributed by atoms with van der Waals surface area (Å²) in [6, 6.07) is 10.1. The number of carbonyl (C=O) groups excluding carboxylic acids is 1. The van der Waals surface area contributed by atoms with Gasteiger partial charge in [-0.2, -0.15) is 4.99 Å². The molecule has 0 radical (unpaired) electrons. The zero-order valence-corrected chi connectivity index (χ0v) is 16.0. The molecular formula is C20H22N2O2S. The Morgan fingerprint density at radius 1 is 1.16 bits per heavy atom. The van der Waals surface area contributed by atoms with E-state index in [-0.39, 0.29) is 5.91 Å². The molecule has 0 aliphatic rings. The van der Waals surface area contributed by atoms with Crippen molar-refractivity contribution < 1.29 is 9.53 Å². The summed E-state index contributed by atoms with van der Waals surface area (Å²) in [6.07, 6.45) is 0.316. The van der Waals surface area contributed by atoms with E-state index < -0.39 is 0 Å². The molecule has 1 aromatic heterocycles. The summed E-state index contributed by atoms with van der Waals surface area (Å²) >= 11 is 1.52. The number of ether oxygens (including phenoxy) is 1. The minimum atomic E-state index is -0.134. The number of hydrogen-bond donors (Lipinski definition) is 0. The lowest BCUT2D eigenvalue weighted by molar-refractivity contribution is -0.117. The van der Waals surface area contributed by atoms with Gasteiger partial charge >= 0.3 is 0 Å². The first-order valence-corrected chi connectivity index (χ1v) is 8.99. The Hall–Kier alpha value is -2.40. The van der Waals surface area contributed by atoms with Gasteiger partial charge in [-0.05, 0) is 43.5 Å². The van der Waals surface area contributed by atoms with Gasteiger partial charge in [0.1, 0.15) is 11.3 Å². The van der Waals surface area contributed by atoms with Crippen LogP contribution in [0.15, 0.2) is 35.3 Å². The molecule has 0 bridgehead atoms. The molecule has 1 heterocycles. The van der Waals surface area contributed by atoms with Gasteiger partial charge < -0.3 is 9.30 Å². The van der Waals surface area contributed by atoms with Crippen molar-refractivity contribution in [2.75, 3.05) is 7.11 Å².